The van der Waals surface area contributed by atoms with E-state index in [9.17, 15) is 19.5 Å². The highest BCUT2D eigenvalue weighted by atomic mass is 16.6. The molecule has 6 aliphatic rings. The Morgan fingerprint density at radius 3 is 1.56 bits per heavy atom. The maximum atomic E-state index is 13.0. The lowest BCUT2D eigenvalue weighted by Gasteiger charge is -2.24. The van der Waals surface area contributed by atoms with Gasteiger partial charge in [0.2, 0.25) is 0 Å². The van der Waals surface area contributed by atoms with Crippen molar-refractivity contribution in [2.24, 2.45) is 59.2 Å². The zero-order chi connectivity index (χ0) is 30.9. The normalized spacial score (nSPS) is 34.9. The number of aromatic nitrogens is 2. The molecule has 0 saturated heterocycles. The van der Waals surface area contributed by atoms with Gasteiger partial charge in [-0.2, -0.15) is 0 Å². The fourth-order valence-corrected chi connectivity index (χ4v) is 8.35. The van der Waals surface area contributed by atoms with E-state index < -0.39 is 24.2 Å². The van der Waals surface area contributed by atoms with Gasteiger partial charge in [0.15, 0.2) is 0 Å². The summed E-state index contributed by atoms with van der Waals surface area (Å²) in [4.78, 5) is 42.0. The van der Waals surface area contributed by atoms with Crippen molar-refractivity contribution in [2.45, 2.75) is 12.5 Å². The van der Waals surface area contributed by atoms with Gasteiger partial charge in [-0.1, -0.05) is 97.2 Å². The zero-order valence-electron chi connectivity index (χ0n) is 24.7. The number of alkyl carbamates (subject to hydrolysis) is 1. The second-order valence-corrected chi connectivity index (χ2v) is 12.7. The first kappa shape index (κ1) is 29.1. The average Bonchev–Trinajstić information content (AvgIpc) is 3.75. The van der Waals surface area contributed by atoms with Crippen LogP contribution in [-0.4, -0.2) is 52.1 Å². The molecule has 232 valence electrons. The number of hydrogen-bond donors (Lipinski definition) is 2. The molecule has 7 rings (SSSR count). The van der Waals surface area contributed by atoms with Crippen molar-refractivity contribution in [1.82, 2.24) is 14.9 Å². The summed E-state index contributed by atoms with van der Waals surface area (Å²) < 4.78 is 12.6. The summed E-state index contributed by atoms with van der Waals surface area (Å²) in [5, 5.41) is 12.3. The van der Waals surface area contributed by atoms with Crippen LogP contribution in [0.3, 0.4) is 0 Å². The molecular formula is C36H37N3O6. The minimum atomic E-state index is -1.28. The molecule has 1 aromatic heterocycles. The van der Waals surface area contributed by atoms with Crippen LogP contribution in [0, 0.1) is 59.2 Å². The fraction of sp³-hybridized carbons (Fsp3) is 0.389. The molecule has 9 nitrogen and oxygen atoms in total. The number of fused-ring (bicyclic) bond motifs is 6. The number of carbonyl (C=O) groups excluding carboxylic acids is 2. The second kappa shape index (κ2) is 12.4. The summed E-state index contributed by atoms with van der Waals surface area (Å²) >= 11 is 0. The summed E-state index contributed by atoms with van der Waals surface area (Å²) in [5.41, 5.74) is 0.334. The SMILES string of the molecule is O=C(N[C@@H](Cc1cn(C(=O)OCC2C3C=CC=CC3C3C=CC=CC32)cn1)C(=O)O)OCC1C2C=CC=CC2C2C=CC=CC21. The molecule has 2 fully saturated rings. The van der Waals surface area contributed by atoms with Crippen LogP contribution in [0.2, 0.25) is 0 Å². The van der Waals surface area contributed by atoms with Gasteiger partial charge in [-0.05, 0) is 47.3 Å². The van der Waals surface area contributed by atoms with Crippen LogP contribution in [0.25, 0.3) is 0 Å². The Morgan fingerprint density at radius 1 is 0.689 bits per heavy atom. The Morgan fingerprint density at radius 2 is 1.11 bits per heavy atom. The highest BCUT2D eigenvalue weighted by molar-refractivity contribution is 5.80. The van der Waals surface area contributed by atoms with Gasteiger partial charge in [0.25, 0.3) is 0 Å². The predicted molar refractivity (Wildman–Crippen MR) is 167 cm³/mol. The van der Waals surface area contributed by atoms with Crippen LogP contribution >= 0.6 is 0 Å². The van der Waals surface area contributed by atoms with Crippen molar-refractivity contribution in [3.05, 3.63) is 115 Å². The van der Waals surface area contributed by atoms with E-state index >= 15 is 0 Å². The van der Waals surface area contributed by atoms with Gasteiger partial charge in [-0.3, -0.25) is 0 Å². The van der Waals surface area contributed by atoms with Gasteiger partial charge in [0, 0.05) is 24.5 Å². The minimum absolute atomic E-state index is 0.0929. The van der Waals surface area contributed by atoms with E-state index in [0.29, 0.717) is 29.4 Å². The van der Waals surface area contributed by atoms with Gasteiger partial charge in [-0.25, -0.2) is 23.9 Å². The van der Waals surface area contributed by atoms with E-state index in [2.05, 4.69) is 95.4 Å². The summed E-state index contributed by atoms with van der Waals surface area (Å²) in [7, 11) is 0. The minimum Gasteiger partial charge on any atom is -0.480 e. The lowest BCUT2D eigenvalue weighted by molar-refractivity contribution is -0.139. The number of ether oxygens (including phenoxy) is 2. The monoisotopic (exact) mass is 607 g/mol. The molecule has 2 N–H and O–H groups in total. The number of carbonyl (C=O) groups is 3. The van der Waals surface area contributed by atoms with Crippen molar-refractivity contribution >= 4 is 18.2 Å². The van der Waals surface area contributed by atoms with Crippen LogP contribution in [0.5, 0.6) is 0 Å². The van der Waals surface area contributed by atoms with Crippen LogP contribution < -0.4 is 5.32 Å². The summed E-state index contributed by atoms with van der Waals surface area (Å²) in [6, 6.07) is -1.28. The van der Waals surface area contributed by atoms with Crippen molar-refractivity contribution in [1.29, 1.82) is 0 Å². The third-order valence-electron chi connectivity index (χ3n) is 10.4. The molecule has 0 spiro atoms. The van der Waals surface area contributed by atoms with Crippen molar-refractivity contribution in [3.8, 4) is 0 Å². The average molecular weight is 608 g/mol. The van der Waals surface area contributed by atoms with Crippen LogP contribution in [-0.2, 0) is 20.7 Å². The third kappa shape index (κ3) is 5.67. The number of nitrogens with one attached hydrogen (secondary N) is 1. The van der Waals surface area contributed by atoms with Crippen molar-refractivity contribution in [2.75, 3.05) is 13.2 Å². The molecule has 45 heavy (non-hydrogen) atoms. The molecule has 0 radical (unpaired) electrons. The molecule has 1 heterocycles. The maximum absolute atomic E-state index is 13.0. The van der Waals surface area contributed by atoms with E-state index in [1.54, 1.807) is 0 Å². The first-order valence-electron chi connectivity index (χ1n) is 15.7. The van der Waals surface area contributed by atoms with Crippen molar-refractivity contribution in [3.63, 3.8) is 0 Å². The van der Waals surface area contributed by atoms with Crippen LogP contribution in [0.15, 0.2) is 110 Å². The first-order valence-corrected chi connectivity index (χ1v) is 15.7. The first-order chi connectivity index (χ1) is 22.0. The molecule has 0 aliphatic heterocycles. The van der Waals surface area contributed by atoms with E-state index in [0.717, 1.165) is 0 Å². The number of nitrogens with zero attached hydrogens (tertiary/aromatic N) is 2. The lowest BCUT2D eigenvalue weighted by atomic mass is 9.83. The van der Waals surface area contributed by atoms with Crippen LogP contribution in [0.1, 0.15) is 5.69 Å². The zero-order valence-corrected chi connectivity index (χ0v) is 24.7. The van der Waals surface area contributed by atoms with Gasteiger partial charge in [0.05, 0.1) is 18.9 Å². The number of allylic oxidation sites excluding steroid dienone is 16. The Labute approximate surface area is 262 Å². The molecule has 1 aromatic rings. The van der Waals surface area contributed by atoms with E-state index in [-0.39, 0.29) is 55.1 Å². The number of carboxylic acids is 1. The Hall–Kier alpha value is -4.66. The molecular weight excluding hydrogens is 570 g/mol. The molecule has 0 bridgehead atoms. The molecule has 8 unspecified atom stereocenters. The number of rotatable bonds is 8. The highest BCUT2D eigenvalue weighted by Gasteiger charge is 2.48. The Bertz CT molecular complexity index is 1510. The number of carboxylic acid groups (broad SMARTS) is 1. The van der Waals surface area contributed by atoms with Gasteiger partial charge in [-0.15, -0.1) is 0 Å². The Kier molecular flexibility index (Phi) is 8.00. The topological polar surface area (TPSA) is 120 Å². The van der Waals surface area contributed by atoms with Gasteiger partial charge >= 0.3 is 18.2 Å². The molecule has 9 heteroatoms. The predicted octanol–water partition coefficient (Wildman–Crippen LogP) is 5.28. The van der Waals surface area contributed by atoms with Gasteiger partial charge in [0.1, 0.15) is 12.4 Å². The summed E-state index contributed by atoms with van der Waals surface area (Å²) in [6.07, 6.45) is 35.4. The quantitative estimate of drug-likeness (QED) is 0.413. The Balaban J connectivity index is 0.930. The van der Waals surface area contributed by atoms with E-state index in [4.69, 9.17) is 9.47 Å². The van der Waals surface area contributed by atoms with Crippen molar-refractivity contribution < 1.29 is 29.0 Å². The fourth-order valence-electron chi connectivity index (χ4n) is 8.35. The van der Waals surface area contributed by atoms with E-state index in [1.807, 2.05) is 12.2 Å². The highest BCUT2D eigenvalue weighted by Crippen LogP contribution is 2.52. The summed E-state index contributed by atoms with van der Waals surface area (Å²) in [5.74, 6) is 1.54. The number of amides is 1. The van der Waals surface area contributed by atoms with Crippen LogP contribution in [0.4, 0.5) is 9.59 Å². The largest absolute Gasteiger partial charge is 0.480 e. The maximum Gasteiger partial charge on any atom is 0.419 e. The third-order valence-corrected chi connectivity index (χ3v) is 10.4. The lowest BCUT2D eigenvalue weighted by Crippen LogP contribution is -2.43. The molecule has 2 saturated carbocycles. The molecule has 1 amide bonds. The van der Waals surface area contributed by atoms with Gasteiger partial charge < -0.3 is 19.9 Å². The summed E-state index contributed by atoms with van der Waals surface area (Å²) in [6.45, 7) is 0.443. The number of hydrogen-bond acceptors (Lipinski definition) is 6. The molecule has 0 aromatic carbocycles. The second-order valence-electron chi connectivity index (χ2n) is 12.7. The number of imidazole rings is 1. The molecule has 6 aliphatic carbocycles. The standard InChI is InChI=1S/C36H37N3O6/c40-34(41)33(38-35(42)44-19-31-27-13-5-1-9-23(27)24-10-2-6-14-28(24)31)17-22-18-39(21-37-22)36(43)45-20-32-29-15-7-3-11-25(29)26-12-4-8-16-30(26)32/h1-16,18,21,23-33H,17,19-20H2,(H,38,42)(H,40,41)/t23?,24?,25?,26?,27?,28?,29?,30?,31?,32?,33-/m0/s1. The smallest absolute Gasteiger partial charge is 0.419 e. The number of aliphatic carboxylic acids is 1. The van der Waals surface area contributed by atoms with E-state index in [1.165, 1.54) is 17.1 Å². The molecule has 9 atom stereocenters.